The number of furan rings is 1. The van der Waals surface area contributed by atoms with Crippen LogP contribution in [0.5, 0.6) is 0 Å². The summed E-state index contributed by atoms with van der Waals surface area (Å²) in [5.74, 6) is 0.716. The van der Waals surface area contributed by atoms with Crippen molar-refractivity contribution >= 4 is 17.4 Å². The fourth-order valence-electron chi connectivity index (χ4n) is 1.75. The van der Waals surface area contributed by atoms with Gasteiger partial charge in [-0.3, -0.25) is 0 Å². The Morgan fingerprint density at radius 1 is 1.35 bits per heavy atom. The van der Waals surface area contributed by atoms with Crippen molar-refractivity contribution in [1.82, 2.24) is 10.6 Å². The number of amides is 2. The Bertz CT molecular complexity index is 464. The van der Waals surface area contributed by atoms with Gasteiger partial charge in [-0.2, -0.15) is 0 Å². The van der Waals surface area contributed by atoms with Crippen LogP contribution in [0.3, 0.4) is 0 Å². The van der Waals surface area contributed by atoms with Gasteiger partial charge in [0, 0.05) is 17.3 Å². The molecule has 0 bridgehead atoms. The molecule has 6 heteroatoms. The van der Waals surface area contributed by atoms with E-state index in [1.807, 2.05) is 11.4 Å². The Labute approximate surface area is 121 Å². The van der Waals surface area contributed by atoms with Crippen molar-refractivity contribution in [3.63, 3.8) is 0 Å². The first-order valence-electron chi connectivity index (χ1n) is 6.43. The van der Waals surface area contributed by atoms with Gasteiger partial charge in [0.2, 0.25) is 0 Å². The van der Waals surface area contributed by atoms with Gasteiger partial charge in [0.25, 0.3) is 0 Å². The summed E-state index contributed by atoms with van der Waals surface area (Å²) in [6.45, 7) is 2.74. The number of thiophene rings is 1. The summed E-state index contributed by atoms with van der Waals surface area (Å²) in [6.07, 6.45) is 0.659. The van der Waals surface area contributed by atoms with Gasteiger partial charge < -0.3 is 20.2 Å². The second-order valence-electron chi connectivity index (χ2n) is 4.54. The molecule has 5 nitrogen and oxygen atoms in total. The van der Waals surface area contributed by atoms with Crippen LogP contribution >= 0.6 is 11.3 Å². The zero-order chi connectivity index (χ0) is 14.4. The number of hydrogen-bond acceptors (Lipinski definition) is 4. The topological polar surface area (TPSA) is 74.5 Å². The summed E-state index contributed by atoms with van der Waals surface area (Å²) in [5, 5.41) is 17.2. The largest absolute Gasteiger partial charge is 0.467 e. The molecule has 0 aromatic carbocycles. The highest BCUT2D eigenvalue weighted by atomic mass is 32.1. The van der Waals surface area contributed by atoms with Crippen LogP contribution in [0, 0.1) is 0 Å². The maximum Gasteiger partial charge on any atom is 0.314 e. The van der Waals surface area contributed by atoms with E-state index in [0.717, 1.165) is 0 Å². The van der Waals surface area contributed by atoms with Crippen LogP contribution < -0.4 is 10.6 Å². The Balaban J connectivity index is 1.68. The Kier molecular flexibility index (Phi) is 5.20. The van der Waals surface area contributed by atoms with E-state index in [2.05, 4.69) is 23.6 Å². The van der Waals surface area contributed by atoms with E-state index in [0.29, 0.717) is 12.3 Å². The van der Waals surface area contributed by atoms with Gasteiger partial charge in [-0.05, 0) is 23.6 Å². The lowest BCUT2D eigenvalue weighted by Gasteiger charge is -2.13. The molecule has 3 N–H and O–H groups in total. The second kappa shape index (κ2) is 7.12. The number of urea groups is 1. The molecule has 0 saturated heterocycles. The Morgan fingerprint density at radius 3 is 2.80 bits per heavy atom. The van der Waals surface area contributed by atoms with Crippen LogP contribution in [-0.4, -0.2) is 24.2 Å². The van der Waals surface area contributed by atoms with Gasteiger partial charge in [-0.1, -0.05) is 13.0 Å². The first-order valence-corrected chi connectivity index (χ1v) is 7.31. The van der Waals surface area contributed by atoms with Gasteiger partial charge in [-0.15, -0.1) is 11.3 Å². The molecule has 2 amide bonds. The molecule has 0 saturated carbocycles. The number of aliphatic hydroxyl groups is 1. The molecule has 0 spiro atoms. The fourth-order valence-corrected chi connectivity index (χ4v) is 2.54. The summed E-state index contributed by atoms with van der Waals surface area (Å²) in [6, 6.07) is 7.12. The third-order valence-corrected chi connectivity index (χ3v) is 4.03. The molecule has 0 aliphatic rings. The van der Waals surface area contributed by atoms with Crippen LogP contribution in [-0.2, 0) is 0 Å². The molecule has 2 aromatic rings. The quantitative estimate of drug-likeness (QED) is 0.766. The smallest absolute Gasteiger partial charge is 0.314 e. The third-order valence-electron chi connectivity index (χ3n) is 2.93. The van der Waals surface area contributed by atoms with Gasteiger partial charge >= 0.3 is 6.03 Å². The van der Waals surface area contributed by atoms with E-state index in [9.17, 15) is 9.90 Å². The number of carbonyl (C=O) groups excluding carboxylic acids is 1. The number of carbonyl (C=O) groups is 1. The van der Waals surface area contributed by atoms with Crippen molar-refractivity contribution in [3.8, 4) is 0 Å². The molecule has 2 heterocycles. The molecular weight excluding hydrogens is 276 g/mol. The maximum absolute atomic E-state index is 11.6. The van der Waals surface area contributed by atoms with Gasteiger partial charge in [0.05, 0.1) is 12.8 Å². The van der Waals surface area contributed by atoms with Crippen LogP contribution in [0.1, 0.15) is 29.6 Å². The molecule has 0 aliphatic heterocycles. The lowest BCUT2D eigenvalue weighted by atomic mass is 10.1. The number of aliphatic hydroxyl groups excluding tert-OH is 1. The maximum atomic E-state index is 11.6. The van der Waals surface area contributed by atoms with Crippen molar-refractivity contribution in [3.05, 3.63) is 46.5 Å². The van der Waals surface area contributed by atoms with Crippen LogP contribution in [0.15, 0.2) is 40.3 Å². The highest BCUT2D eigenvalue weighted by Gasteiger charge is 2.12. The number of nitrogens with one attached hydrogen (secondary N) is 2. The van der Waals surface area contributed by atoms with E-state index < -0.39 is 6.10 Å². The van der Waals surface area contributed by atoms with Crippen molar-refractivity contribution in [2.24, 2.45) is 0 Å². The van der Waals surface area contributed by atoms with Crippen LogP contribution in [0.2, 0.25) is 0 Å². The predicted octanol–water partition coefficient (Wildman–Crippen LogP) is 2.48. The molecule has 2 unspecified atom stereocenters. The molecule has 2 aromatic heterocycles. The normalized spacial score (nSPS) is 13.7. The first kappa shape index (κ1) is 14.6. The Hall–Kier alpha value is -1.79. The molecule has 0 radical (unpaired) electrons. The zero-order valence-corrected chi connectivity index (χ0v) is 12.0. The summed E-state index contributed by atoms with van der Waals surface area (Å²) in [5.41, 5.74) is 0. The second-order valence-corrected chi connectivity index (χ2v) is 5.52. The SMILES string of the molecule is CC(CNC(=O)NCC(O)c1ccco1)c1cccs1. The highest BCUT2D eigenvalue weighted by Crippen LogP contribution is 2.19. The van der Waals surface area contributed by atoms with Gasteiger partial charge in [0.15, 0.2) is 0 Å². The van der Waals surface area contributed by atoms with Crippen molar-refractivity contribution in [2.75, 3.05) is 13.1 Å². The summed E-state index contributed by atoms with van der Waals surface area (Å²) < 4.78 is 5.05. The van der Waals surface area contributed by atoms with Crippen molar-refractivity contribution in [1.29, 1.82) is 0 Å². The summed E-state index contributed by atoms with van der Waals surface area (Å²) >= 11 is 1.68. The van der Waals surface area contributed by atoms with E-state index in [4.69, 9.17) is 4.42 Å². The minimum Gasteiger partial charge on any atom is -0.467 e. The lowest BCUT2D eigenvalue weighted by molar-refractivity contribution is 0.148. The first-order chi connectivity index (χ1) is 9.66. The predicted molar refractivity (Wildman–Crippen MR) is 77.8 cm³/mol. The molecule has 2 rings (SSSR count). The van der Waals surface area contributed by atoms with Crippen molar-refractivity contribution < 1.29 is 14.3 Å². The van der Waals surface area contributed by atoms with Gasteiger partial charge in [0.1, 0.15) is 11.9 Å². The summed E-state index contributed by atoms with van der Waals surface area (Å²) in [4.78, 5) is 12.9. The number of rotatable bonds is 6. The number of hydrogen-bond donors (Lipinski definition) is 3. The average Bonchev–Trinajstić information content (AvgIpc) is 3.14. The fraction of sp³-hybridized carbons (Fsp3) is 0.357. The zero-order valence-electron chi connectivity index (χ0n) is 11.2. The van der Waals surface area contributed by atoms with Crippen molar-refractivity contribution in [2.45, 2.75) is 18.9 Å². The third kappa shape index (κ3) is 4.11. The lowest BCUT2D eigenvalue weighted by Crippen LogP contribution is -2.39. The minimum absolute atomic E-state index is 0.118. The molecule has 20 heavy (non-hydrogen) atoms. The molecule has 2 atom stereocenters. The van der Waals surface area contributed by atoms with E-state index in [1.165, 1.54) is 11.1 Å². The van der Waals surface area contributed by atoms with Gasteiger partial charge in [-0.25, -0.2) is 4.79 Å². The van der Waals surface area contributed by atoms with E-state index in [-0.39, 0.29) is 18.5 Å². The van der Waals surface area contributed by atoms with E-state index in [1.54, 1.807) is 23.5 Å². The summed E-state index contributed by atoms with van der Waals surface area (Å²) in [7, 11) is 0. The Morgan fingerprint density at radius 2 is 2.15 bits per heavy atom. The van der Waals surface area contributed by atoms with Crippen LogP contribution in [0.4, 0.5) is 4.79 Å². The highest BCUT2D eigenvalue weighted by molar-refractivity contribution is 7.10. The standard InChI is InChI=1S/C14H18N2O3S/c1-10(13-5-3-7-20-13)8-15-14(18)16-9-11(17)12-4-2-6-19-12/h2-7,10-11,17H,8-9H2,1H3,(H2,15,16,18). The monoisotopic (exact) mass is 294 g/mol. The molecule has 108 valence electrons. The molecular formula is C14H18N2O3S. The molecule has 0 fully saturated rings. The average molecular weight is 294 g/mol. The van der Waals surface area contributed by atoms with Crippen LogP contribution in [0.25, 0.3) is 0 Å². The van der Waals surface area contributed by atoms with E-state index >= 15 is 0 Å². The molecule has 0 aliphatic carbocycles. The minimum atomic E-state index is -0.828.